The summed E-state index contributed by atoms with van der Waals surface area (Å²) in [6.07, 6.45) is 1.55. The molecule has 108 valence electrons. The summed E-state index contributed by atoms with van der Waals surface area (Å²) in [5.74, 6) is 0.193. The van der Waals surface area contributed by atoms with Gasteiger partial charge < -0.3 is 5.32 Å². The molecule has 0 heterocycles. The van der Waals surface area contributed by atoms with Gasteiger partial charge in [-0.1, -0.05) is 32.0 Å². The van der Waals surface area contributed by atoms with Crippen LogP contribution in [-0.4, -0.2) is 33.8 Å². The fourth-order valence-electron chi connectivity index (χ4n) is 1.74. The van der Waals surface area contributed by atoms with Crippen molar-refractivity contribution in [2.24, 2.45) is 0 Å². The minimum atomic E-state index is -3.21. The van der Waals surface area contributed by atoms with Gasteiger partial charge in [0.15, 0.2) is 0 Å². The third-order valence-corrected chi connectivity index (χ3v) is 4.77. The predicted octanol–water partition coefficient (Wildman–Crippen LogP) is 2.23. The fraction of sp³-hybridized carbons (Fsp3) is 0.571. The molecule has 0 fully saturated rings. The van der Waals surface area contributed by atoms with Gasteiger partial charge in [-0.05, 0) is 31.5 Å². The minimum absolute atomic E-state index is 0.193. The molecule has 4 nitrogen and oxygen atoms in total. The van der Waals surface area contributed by atoms with Crippen LogP contribution in [0.15, 0.2) is 30.3 Å². The summed E-state index contributed by atoms with van der Waals surface area (Å²) in [6.45, 7) is 5.03. The van der Waals surface area contributed by atoms with E-state index in [4.69, 9.17) is 0 Å². The maximum Gasteiger partial charge on any atom is 0.234 e. The van der Waals surface area contributed by atoms with E-state index in [0.29, 0.717) is 18.2 Å². The SMILES string of the molecule is CC(C)NCCCCS(=O)(=O)N(C)c1ccccc1. The average Bonchev–Trinajstić information content (AvgIpc) is 2.38. The fourth-order valence-corrected chi connectivity index (χ4v) is 3.02. The van der Waals surface area contributed by atoms with Gasteiger partial charge >= 0.3 is 0 Å². The zero-order valence-electron chi connectivity index (χ0n) is 12.0. The van der Waals surface area contributed by atoms with Gasteiger partial charge in [0.25, 0.3) is 0 Å². The van der Waals surface area contributed by atoms with Gasteiger partial charge in [-0.3, -0.25) is 4.31 Å². The van der Waals surface area contributed by atoms with Gasteiger partial charge in [0, 0.05) is 13.1 Å². The lowest BCUT2D eigenvalue weighted by Crippen LogP contribution is -2.29. The highest BCUT2D eigenvalue weighted by Gasteiger charge is 2.17. The minimum Gasteiger partial charge on any atom is -0.315 e. The second-order valence-corrected chi connectivity index (χ2v) is 7.05. The molecule has 0 aliphatic carbocycles. The molecule has 0 amide bonds. The molecular weight excluding hydrogens is 260 g/mol. The molecule has 0 aliphatic heterocycles. The van der Waals surface area contributed by atoms with E-state index >= 15 is 0 Å². The first-order valence-corrected chi connectivity index (χ1v) is 8.29. The number of hydrogen-bond acceptors (Lipinski definition) is 3. The number of sulfonamides is 1. The second kappa shape index (κ2) is 7.50. The highest BCUT2D eigenvalue weighted by atomic mass is 32.2. The summed E-state index contributed by atoms with van der Waals surface area (Å²) >= 11 is 0. The van der Waals surface area contributed by atoms with Crippen molar-refractivity contribution >= 4 is 15.7 Å². The molecule has 1 N–H and O–H groups in total. The molecular formula is C14H24N2O2S. The zero-order valence-corrected chi connectivity index (χ0v) is 12.8. The lowest BCUT2D eigenvalue weighted by molar-refractivity contribution is 0.559. The molecule has 1 aromatic carbocycles. The Labute approximate surface area is 116 Å². The smallest absolute Gasteiger partial charge is 0.234 e. The molecule has 0 spiro atoms. The quantitative estimate of drug-likeness (QED) is 0.745. The third-order valence-electron chi connectivity index (χ3n) is 2.92. The Balaban J connectivity index is 2.43. The van der Waals surface area contributed by atoms with Crippen LogP contribution >= 0.6 is 0 Å². The normalized spacial score (nSPS) is 11.8. The van der Waals surface area contributed by atoms with Crippen LogP contribution in [0.3, 0.4) is 0 Å². The lowest BCUT2D eigenvalue weighted by atomic mass is 10.3. The molecule has 1 rings (SSSR count). The molecule has 0 atom stereocenters. The van der Waals surface area contributed by atoms with Crippen LogP contribution in [0.1, 0.15) is 26.7 Å². The first-order valence-electron chi connectivity index (χ1n) is 6.68. The van der Waals surface area contributed by atoms with Gasteiger partial charge in [-0.25, -0.2) is 8.42 Å². The molecule has 0 aliphatic rings. The Morgan fingerprint density at radius 3 is 2.37 bits per heavy atom. The summed E-state index contributed by atoms with van der Waals surface area (Å²) in [4.78, 5) is 0. The van der Waals surface area contributed by atoms with Crippen molar-refractivity contribution in [1.82, 2.24) is 5.32 Å². The number of rotatable bonds is 8. The van der Waals surface area contributed by atoms with Crippen LogP contribution < -0.4 is 9.62 Å². The Morgan fingerprint density at radius 2 is 1.79 bits per heavy atom. The number of nitrogens with zero attached hydrogens (tertiary/aromatic N) is 1. The summed E-state index contributed by atoms with van der Waals surface area (Å²) in [7, 11) is -1.60. The second-order valence-electron chi connectivity index (χ2n) is 4.93. The molecule has 0 aromatic heterocycles. The van der Waals surface area contributed by atoms with Crippen molar-refractivity contribution in [2.75, 3.05) is 23.7 Å². The van der Waals surface area contributed by atoms with Crippen molar-refractivity contribution in [1.29, 1.82) is 0 Å². The van der Waals surface area contributed by atoms with Crippen LogP contribution in [0.4, 0.5) is 5.69 Å². The Bertz CT molecular complexity index is 458. The van der Waals surface area contributed by atoms with E-state index < -0.39 is 10.0 Å². The summed E-state index contributed by atoms with van der Waals surface area (Å²) in [5.41, 5.74) is 0.711. The van der Waals surface area contributed by atoms with E-state index in [2.05, 4.69) is 19.2 Å². The topological polar surface area (TPSA) is 49.4 Å². The van der Waals surface area contributed by atoms with Crippen molar-refractivity contribution in [3.8, 4) is 0 Å². The highest BCUT2D eigenvalue weighted by molar-refractivity contribution is 7.92. The highest BCUT2D eigenvalue weighted by Crippen LogP contribution is 2.16. The Kier molecular flexibility index (Phi) is 6.31. The predicted molar refractivity (Wildman–Crippen MR) is 81.0 cm³/mol. The van der Waals surface area contributed by atoms with E-state index in [0.717, 1.165) is 13.0 Å². The van der Waals surface area contributed by atoms with Crippen molar-refractivity contribution in [3.05, 3.63) is 30.3 Å². The third kappa shape index (κ3) is 5.61. The number of benzene rings is 1. The van der Waals surface area contributed by atoms with Gasteiger partial charge in [-0.2, -0.15) is 0 Å². The largest absolute Gasteiger partial charge is 0.315 e. The molecule has 5 heteroatoms. The molecule has 0 saturated carbocycles. The van der Waals surface area contributed by atoms with Crippen LogP contribution in [0.5, 0.6) is 0 Å². The Hall–Kier alpha value is -1.07. The molecule has 0 unspecified atom stereocenters. The maximum atomic E-state index is 12.1. The molecule has 1 aromatic rings. The maximum absolute atomic E-state index is 12.1. The van der Waals surface area contributed by atoms with E-state index in [1.807, 2.05) is 18.2 Å². The monoisotopic (exact) mass is 284 g/mol. The summed E-state index contributed by atoms with van der Waals surface area (Å²) in [6, 6.07) is 9.61. The first-order chi connectivity index (χ1) is 8.93. The van der Waals surface area contributed by atoms with Crippen molar-refractivity contribution < 1.29 is 8.42 Å². The molecule has 0 bridgehead atoms. The van der Waals surface area contributed by atoms with Gasteiger partial charge in [0.2, 0.25) is 10.0 Å². The average molecular weight is 284 g/mol. The number of hydrogen-bond donors (Lipinski definition) is 1. The number of para-hydroxylation sites is 1. The van der Waals surface area contributed by atoms with Gasteiger partial charge in [0.05, 0.1) is 11.4 Å². The molecule has 19 heavy (non-hydrogen) atoms. The van der Waals surface area contributed by atoms with E-state index in [9.17, 15) is 8.42 Å². The standard InChI is InChI=1S/C14H24N2O2S/c1-13(2)15-11-7-8-12-19(17,18)16(3)14-9-5-4-6-10-14/h4-6,9-10,13,15H,7-8,11-12H2,1-3H3. The van der Waals surface area contributed by atoms with Crippen LogP contribution in [0.2, 0.25) is 0 Å². The van der Waals surface area contributed by atoms with Crippen molar-refractivity contribution in [3.63, 3.8) is 0 Å². The number of nitrogens with one attached hydrogen (secondary N) is 1. The lowest BCUT2D eigenvalue weighted by Gasteiger charge is -2.19. The molecule has 0 saturated heterocycles. The molecule has 0 radical (unpaired) electrons. The van der Waals surface area contributed by atoms with E-state index in [-0.39, 0.29) is 5.75 Å². The van der Waals surface area contributed by atoms with Crippen LogP contribution in [-0.2, 0) is 10.0 Å². The Morgan fingerprint density at radius 1 is 1.16 bits per heavy atom. The first kappa shape index (κ1) is 16.0. The summed E-state index contributed by atoms with van der Waals surface area (Å²) < 4.78 is 25.6. The number of unbranched alkanes of at least 4 members (excludes halogenated alkanes) is 1. The zero-order chi connectivity index (χ0) is 14.3. The van der Waals surface area contributed by atoms with Crippen LogP contribution in [0, 0.1) is 0 Å². The van der Waals surface area contributed by atoms with Crippen molar-refractivity contribution in [2.45, 2.75) is 32.7 Å². The van der Waals surface area contributed by atoms with Gasteiger partial charge in [0.1, 0.15) is 0 Å². The summed E-state index contributed by atoms with van der Waals surface area (Å²) in [5, 5.41) is 3.28. The van der Waals surface area contributed by atoms with E-state index in [1.54, 1.807) is 19.2 Å². The number of anilines is 1. The van der Waals surface area contributed by atoms with E-state index in [1.165, 1.54) is 4.31 Å². The van der Waals surface area contributed by atoms with Gasteiger partial charge in [-0.15, -0.1) is 0 Å². The van der Waals surface area contributed by atoms with Crippen LogP contribution in [0.25, 0.3) is 0 Å².